The second-order valence-electron chi connectivity index (χ2n) is 10.6. The van der Waals surface area contributed by atoms with Crippen molar-refractivity contribution in [1.29, 1.82) is 0 Å². The number of aromatic nitrogens is 5. The zero-order valence-corrected chi connectivity index (χ0v) is 23.1. The van der Waals surface area contributed by atoms with Crippen LogP contribution in [0.15, 0.2) is 83.7 Å². The van der Waals surface area contributed by atoms with Crippen molar-refractivity contribution >= 4 is 16.6 Å². The summed E-state index contributed by atoms with van der Waals surface area (Å²) in [5.74, 6) is 0.552. The minimum atomic E-state index is -4.41. The van der Waals surface area contributed by atoms with Crippen LogP contribution in [0.4, 0.5) is 18.9 Å². The molecule has 0 radical (unpaired) electrons. The van der Waals surface area contributed by atoms with E-state index in [1.807, 2.05) is 66.4 Å². The van der Waals surface area contributed by atoms with E-state index >= 15 is 0 Å². The quantitative estimate of drug-likeness (QED) is 0.295. The fourth-order valence-corrected chi connectivity index (χ4v) is 5.67. The summed E-state index contributed by atoms with van der Waals surface area (Å²) in [5.41, 5.74) is 3.04. The van der Waals surface area contributed by atoms with Crippen molar-refractivity contribution in [1.82, 2.24) is 30.1 Å². The Morgan fingerprint density at radius 3 is 2.45 bits per heavy atom. The molecule has 3 heterocycles. The number of alkyl halides is 3. The van der Waals surface area contributed by atoms with Gasteiger partial charge in [0.15, 0.2) is 5.82 Å². The van der Waals surface area contributed by atoms with Crippen LogP contribution in [0.3, 0.4) is 0 Å². The summed E-state index contributed by atoms with van der Waals surface area (Å²) in [6.07, 6.45) is -3.70. The van der Waals surface area contributed by atoms with Gasteiger partial charge in [-0.3, -0.25) is 9.69 Å². The largest absolute Gasteiger partial charge is 0.416 e. The monoisotopic (exact) mass is 573 g/mol. The minimum absolute atomic E-state index is 0.222. The average Bonchev–Trinajstić information content (AvgIpc) is 3.46. The third-order valence-electron chi connectivity index (χ3n) is 7.89. The molecule has 42 heavy (non-hydrogen) atoms. The summed E-state index contributed by atoms with van der Waals surface area (Å²) in [6.45, 7) is 4.43. The molecule has 0 spiro atoms. The number of pyridine rings is 1. The number of hydrogen-bond donors (Lipinski definition) is 1. The molecule has 0 bridgehead atoms. The Bertz CT molecular complexity index is 1740. The van der Waals surface area contributed by atoms with Crippen LogP contribution >= 0.6 is 0 Å². The number of tetrazole rings is 1. The highest BCUT2D eigenvalue weighted by Crippen LogP contribution is 2.33. The lowest BCUT2D eigenvalue weighted by Crippen LogP contribution is -2.49. The molecule has 11 heteroatoms. The molecule has 6 rings (SSSR count). The molecular formula is C31H30F3N7O. The van der Waals surface area contributed by atoms with E-state index in [1.165, 1.54) is 12.1 Å². The van der Waals surface area contributed by atoms with Gasteiger partial charge in [-0.2, -0.15) is 13.2 Å². The molecule has 1 aliphatic heterocycles. The van der Waals surface area contributed by atoms with Gasteiger partial charge >= 0.3 is 6.18 Å². The fraction of sp³-hybridized carbons (Fsp3) is 0.290. The molecule has 5 aromatic rings. The van der Waals surface area contributed by atoms with E-state index in [0.717, 1.165) is 28.1 Å². The Kier molecular flexibility index (Phi) is 7.51. The molecule has 8 nitrogen and oxygen atoms in total. The van der Waals surface area contributed by atoms with Crippen LogP contribution in [0.1, 0.15) is 34.1 Å². The van der Waals surface area contributed by atoms with E-state index in [-0.39, 0.29) is 5.56 Å². The van der Waals surface area contributed by atoms with E-state index in [2.05, 4.69) is 25.4 Å². The third-order valence-corrected chi connectivity index (χ3v) is 7.89. The fourth-order valence-electron chi connectivity index (χ4n) is 5.67. The summed E-state index contributed by atoms with van der Waals surface area (Å²) >= 11 is 0. The molecule has 0 unspecified atom stereocenters. The highest BCUT2D eigenvalue weighted by Gasteiger charge is 2.34. The van der Waals surface area contributed by atoms with Crippen molar-refractivity contribution in [2.75, 3.05) is 31.1 Å². The second-order valence-corrected chi connectivity index (χ2v) is 10.6. The number of fused-ring (bicyclic) bond motifs is 1. The molecule has 0 aliphatic carbocycles. The van der Waals surface area contributed by atoms with Crippen LogP contribution in [0.2, 0.25) is 0 Å². The zero-order chi connectivity index (χ0) is 29.3. The van der Waals surface area contributed by atoms with Crippen LogP contribution in [0.5, 0.6) is 0 Å². The zero-order valence-electron chi connectivity index (χ0n) is 23.1. The van der Waals surface area contributed by atoms with Gasteiger partial charge in [0.1, 0.15) is 6.04 Å². The van der Waals surface area contributed by atoms with Gasteiger partial charge in [-0.05, 0) is 64.5 Å². The molecule has 216 valence electrons. The molecule has 1 atom stereocenters. The Labute approximate surface area is 240 Å². The molecule has 0 saturated carbocycles. The van der Waals surface area contributed by atoms with Crippen LogP contribution in [0.25, 0.3) is 10.9 Å². The Balaban J connectivity index is 1.33. The molecule has 1 N–H and O–H groups in total. The van der Waals surface area contributed by atoms with Gasteiger partial charge in [0.25, 0.3) is 5.56 Å². The Hall–Kier alpha value is -4.51. The van der Waals surface area contributed by atoms with E-state index in [9.17, 15) is 18.0 Å². The lowest BCUT2D eigenvalue weighted by Gasteiger charge is -2.39. The summed E-state index contributed by atoms with van der Waals surface area (Å²) < 4.78 is 41.8. The van der Waals surface area contributed by atoms with Crippen molar-refractivity contribution < 1.29 is 13.2 Å². The van der Waals surface area contributed by atoms with E-state index < -0.39 is 17.8 Å². The van der Waals surface area contributed by atoms with Crippen molar-refractivity contribution in [3.05, 3.63) is 117 Å². The highest BCUT2D eigenvalue weighted by atomic mass is 19.4. The smallest absolute Gasteiger partial charge is 0.369 e. The van der Waals surface area contributed by atoms with Gasteiger partial charge < -0.3 is 9.88 Å². The van der Waals surface area contributed by atoms with Gasteiger partial charge in [0, 0.05) is 44.0 Å². The predicted octanol–water partition coefficient (Wildman–Crippen LogP) is 5.00. The first-order chi connectivity index (χ1) is 20.3. The molecular weight excluding hydrogens is 543 g/mol. The van der Waals surface area contributed by atoms with Crippen molar-refractivity contribution in [2.24, 2.45) is 0 Å². The third kappa shape index (κ3) is 5.64. The average molecular weight is 574 g/mol. The maximum absolute atomic E-state index is 13.6. The Morgan fingerprint density at radius 1 is 0.929 bits per heavy atom. The van der Waals surface area contributed by atoms with Crippen molar-refractivity contribution in [3.63, 3.8) is 0 Å². The number of rotatable bonds is 7. The standard InChI is InChI=1S/C31H30F3N7O/c1-21-7-5-10-23-19-26(30(42)35-27(21)23)28(29-36-37-38-41(29)14-13-22-8-3-2-4-9-22)40-17-15-39(16-18-40)25-12-6-11-24(20-25)31(32,33)34/h2-12,19-20,28H,13-18H2,1H3,(H,35,42)/t28-/m1/s1. The van der Waals surface area contributed by atoms with E-state index in [4.69, 9.17) is 0 Å². The lowest BCUT2D eigenvalue weighted by molar-refractivity contribution is -0.137. The number of benzene rings is 3. The molecule has 1 fully saturated rings. The van der Waals surface area contributed by atoms with E-state index in [1.54, 1.807) is 10.7 Å². The van der Waals surface area contributed by atoms with Gasteiger partial charge in [0.05, 0.1) is 11.1 Å². The number of halogens is 3. The molecule has 1 saturated heterocycles. The SMILES string of the molecule is Cc1cccc2cc([C@H](c3nnnn3CCc3ccccc3)N3CCN(c4cccc(C(F)(F)F)c4)CC3)c(=O)[nH]c12. The summed E-state index contributed by atoms with van der Waals surface area (Å²) in [7, 11) is 0. The number of nitrogens with zero attached hydrogens (tertiary/aromatic N) is 6. The first kappa shape index (κ1) is 27.6. The van der Waals surface area contributed by atoms with Gasteiger partial charge in [-0.1, -0.05) is 54.6 Å². The van der Waals surface area contributed by atoms with Crippen molar-refractivity contribution in [3.8, 4) is 0 Å². The highest BCUT2D eigenvalue weighted by molar-refractivity contribution is 5.82. The molecule has 0 amide bonds. The maximum atomic E-state index is 13.6. The first-order valence-corrected chi connectivity index (χ1v) is 13.9. The normalized spacial score (nSPS) is 15.3. The number of aryl methyl sites for hydroxylation is 3. The van der Waals surface area contributed by atoms with Crippen LogP contribution in [-0.2, 0) is 19.1 Å². The van der Waals surface area contributed by atoms with Crippen molar-refractivity contribution in [2.45, 2.75) is 32.1 Å². The summed E-state index contributed by atoms with van der Waals surface area (Å²) in [4.78, 5) is 20.7. The van der Waals surface area contributed by atoms with Crippen LogP contribution in [-0.4, -0.2) is 56.3 Å². The predicted molar refractivity (Wildman–Crippen MR) is 154 cm³/mol. The number of para-hydroxylation sites is 1. The van der Waals surface area contributed by atoms with Crippen LogP contribution in [0, 0.1) is 6.92 Å². The molecule has 1 aliphatic rings. The molecule has 2 aromatic heterocycles. The van der Waals surface area contributed by atoms with Gasteiger partial charge in [-0.25, -0.2) is 4.68 Å². The number of H-pyrrole nitrogens is 1. The summed E-state index contributed by atoms with van der Waals surface area (Å²) in [6, 6.07) is 22.7. The number of nitrogens with one attached hydrogen (secondary N) is 1. The topological polar surface area (TPSA) is 82.9 Å². The Morgan fingerprint density at radius 2 is 1.69 bits per heavy atom. The van der Waals surface area contributed by atoms with Gasteiger partial charge in [-0.15, -0.1) is 5.10 Å². The second kappa shape index (κ2) is 11.4. The number of hydrogen-bond acceptors (Lipinski definition) is 6. The number of piperazine rings is 1. The number of aromatic amines is 1. The lowest BCUT2D eigenvalue weighted by atomic mass is 10.0. The maximum Gasteiger partial charge on any atom is 0.416 e. The first-order valence-electron chi connectivity index (χ1n) is 13.9. The van der Waals surface area contributed by atoms with Gasteiger partial charge in [0.2, 0.25) is 0 Å². The molecule has 3 aromatic carbocycles. The van der Waals surface area contributed by atoms with Crippen LogP contribution < -0.4 is 10.5 Å². The summed E-state index contributed by atoms with van der Waals surface area (Å²) in [5, 5.41) is 13.6. The number of anilines is 1. The van der Waals surface area contributed by atoms with E-state index in [0.29, 0.717) is 56.2 Å². The minimum Gasteiger partial charge on any atom is -0.369 e.